The monoisotopic (exact) mass is 356 g/mol. The predicted molar refractivity (Wildman–Crippen MR) is 100 cm³/mol. The second-order valence-electron chi connectivity index (χ2n) is 6.52. The minimum absolute atomic E-state index is 0.477. The maximum atomic E-state index is 6.15. The summed E-state index contributed by atoms with van der Waals surface area (Å²) in [5.41, 5.74) is 8.82. The average molecular weight is 357 g/mol. The first-order chi connectivity index (χ1) is 12.1. The lowest BCUT2D eigenvalue weighted by Crippen LogP contribution is -2.34. The van der Waals surface area contributed by atoms with Crippen LogP contribution in [0.4, 0.5) is 11.8 Å². The van der Waals surface area contributed by atoms with Gasteiger partial charge in [0.15, 0.2) is 5.95 Å². The number of nitrogens with one attached hydrogen (secondary N) is 1. The Morgan fingerprint density at radius 3 is 2.72 bits per heavy atom. The SMILES string of the molecule is Cc1cc(N2CCC(c3cnc(N)[nH]3)CC2)n(-c2cccc(Cl)c2)n1. The van der Waals surface area contributed by atoms with E-state index < -0.39 is 0 Å². The highest BCUT2D eigenvalue weighted by atomic mass is 35.5. The maximum Gasteiger partial charge on any atom is 0.197 e. The first kappa shape index (κ1) is 16.0. The van der Waals surface area contributed by atoms with Crippen molar-refractivity contribution in [2.75, 3.05) is 23.7 Å². The van der Waals surface area contributed by atoms with Crippen molar-refractivity contribution in [3.63, 3.8) is 0 Å². The summed E-state index contributed by atoms with van der Waals surface area (Å²) in [6, 6.07) is 9.94. The summed E-state index contributed by atoms with van der Waals surface area (Å²) in [6.07, 6.45) is 3.97. The molecule has 0 atom stereocenters. The maximum absolute atomic E-state index is 6.15. The smallest absolute Gasteiger partial charge is 0.197 e. The van der Waals surface area contributed by atoms with Crippen LogP contribution in [-0.4, -0.2) is 32.8 Å². The summed E-state index contributed by atoms with van der Waals surface area (Å²) < 4.78 is 1.98. The van der Waals surface area contributed by atoms with E-state index in [4.69, 9.17) is 17.3 Å². The van der Waals surface area contributed by atoms with Gasteiger partial charge >= 0.3 is 0 Å². The lowest BCUT2D eigenvalue weighted by Gasteiger charge is -2.33. The molecule has 1 aliphatic rings. The van der Waals surface area contributed by atoms with Gasteiger partial charge in [-0.3, -0.25) is 0 Å². The van der Waals surface area contributed by atoms with Gasteiger partial charge in [0.2, 0.25) is 0 Å². The number of imidazole rings is 1. The number of hydrogen-bond donors (Lipinski definition) is 2. The molecule has 1 aliphatic heterocycles. The molecule has 0 spiro atoms. The van der Waals surface area contributed by atoms with Crippen molar-refractivity contribution < 1.29 is 0 Å². The quantitative estimate of drug-likeness (QED) is 0.752. The highest BCUT2D eigenvalue weighted by molar-refractivity contribution is 6.30. The molecule has 6 nitrogen and oxygen atoms in total. The number of rotatable bonds is 3. The number of hydrogen-bond acceptors (Lipinski definition) is 4. The molecule has 3 aromatic rings. The summed E-state index contributed by atoms with van der Waals surface area (Å²) in [5, 5.41) is 5.38. The molecule has 0 unspecified atom stereocenters. The molecule has 0 bridgehead atoms. The molecule has 3 heterocycles. The summed E-state index contributed by atoms with van der Waals surface area (Å²) in [6.45, 7) is 3.95. The zero-order chi connectivity index (χ0) is 17.4. The molecule has 0 saturated carbocycles. The van der Waals surface area contributed by atoms with Crippen molar-refractivity contribution in [3.05, 3.63) is 52.9 Å². The summed E-state index contributed by atoms with van der Waals surface area (Å²) in [7, 11) is 0. The van der Waals surface area contributed by atoms with Crippen LogP contribution in [0, 0.1) is 6.92 Å². The van der Waals surface area contributed by atoms with Gasteiger partial charge < -0.3 is 15.6 Å². The molecule has 1 aromatic carbocycles. The second kappa shape index (κ2) is 6.44. The molecule has 1 saturated heterocycles. The fourth-order valence-electron chi connectivity index (χ4n) is 3.49. The fourth-order valence-corrected chi connectivity index (χ4v) is 3.67. The van der Waals surface area contributed by atoms with Crippen LogP contribution < -0.4 is 10.6 Å². The number of nitrogens with zero attached hydrogens (tertiary/aromatic N) is 4. The number of anilines is 2. The average Bonchev–Trinajstić information content (AvgIpc) is 3.21. The van der Waals surface area contributed by atoms with Crippen LogP contribution in [0.3, 0.4) is 0 Å². The van der Waals surface area contributed by atoms with Gasteiger partial charge in [0, 0.05) is 35.8 Å². The zero-order valence-electron chi connectivity index (χ0n) is 14.1. The second-order valence-corrected chi connectivity index (χ2v) is 6.96. The van der Waals surface area contributed by atoms with Crippen LogP contribution in [0.15, 0.2) is 36.5 Å². The Labute approximate surface area is 151 Å². The molecule has 130 valence electrons. The highest BCUT2D eigenvalue weighted by Crippen LogP contribution is 2.31. The number of halogens is 1. The third kappa shape index (κ3) is 3.22. The first-order valence-electron chi connectivity index (χ1n) is 8.48. The normalized spacial score (nSPS) is 15.7. The van der Waals surface area contributed by atoms with E-state index >= 15 is 0 Å². The number of aromatic nitrogens is 4. The van der Waals surface area contributed by atoms with Crippen LogP contribution in [-0.2, 0) is 0 Å². The standard InChI is InChI=1S/C18H21ClN6/c1-12-9-17(25(23-12)15-4-2-3-14(19)10-15)24-7-5-13(6-8-24)16-11-21-18(20)22-16/h2-4,9-11,13H,5-8H2,1H3,(H3,20,21,22). The Balaban J connectivity index is 1.55. The fraction of sp³-hybridized carbons (Fsp3) is 0.333. The zero-order valence-corrected chi connectivity index (χ0v) is 14.9. The van der Waals surface area contributed by atoms with Gasteiger partial charge in [-0.1, -0.05) is 17.7 Å². The Bertz CT molecular complexity index is 875. The van der Waals surface area contributed by atoms with Gasteiger partial charge in [-0.25, -0.2) is 9.67 Å². The van der Waals surface area contributed by atoms with Crippen molar-refractivity contribution in [2.24, 2.45) is 0 Å². The van der Waals surface area contributed by atoms with E-state index in [9.17, 15) is 0 Å². The van der Waals surface area contributed by atoms with Crippen LogP contribution in [0.25, 0.3) is 5.69 Å². The number of H-pyrrole nitrogens is 1. The van der Waals surface area contributed by atoms with Gasteiger partial charge in [-0.15, -0.1) is 0 Å². The molecule has 25 heavy (non-hydrogen) atoms. The lowest BCUT2D eigenvalue weighted by atomic mass is 9.94. The van der Waals surface area contributed by atoms with Crippen molar-refractivity contribution in [1.29, 1.82) is 0 Å². The van der Waals surface area contributed by atoms with E-state index in [1.807, 2.05) is 42.1 Å². The van der Waals surface area contributed by atoms with Crippen molar-refractivity contribution in [3.8, 4) is 5.69 Å². The topological polar surface area (TPSA) is 75.8 Å². The van der Waals surface area contributed by atoms with E-state index in [2.05, 4.69) is 26.0 Å². The van der Waals surface area contributed by atoms with Gasteiger partial charge in [-0.2, -0.15) is 5.10 Å². The van der Waals surface area contributed by atoms with Crippen LogP contribution in [0.5, 0.6) is 0 Å². The molecule has 0 radical (unpaired) electrons. The minimum atomic E-state index is 0.477. The Kier molecular flexibility index (Phi) is 4.13. The van der Waals surface area contributed by atoms with E-state index in [-0.39, 0.29) is 0 Å². The number of piperidine rings is 1. The highest BCUT2D eigenvalue weighted by Gasteiger charge is 2.24. The number of benzene rings is 1. The molecule has 4 rings (SSSR count). The third-order valence-electron chi connectivity index (χ3n) is 4.74. The van der Waals surface area contributed by atoms with Gasteiger partial charge in [0.25, 0.3) is 0 Å². The van der Waals surface area contributed by atoms with Gasteiger partial charge in [0.1, 0.15) is 5.82 Å². The molecular weight excluding hydrogens is 336 g/mol. The third-order valence-corrected chi connectivity index (χ3v) is 4.97. The Hall–Kier alpha value is -2.47. The van der Waals surface area contributed by atoms with Crippen molar-refractivity contribution >= 4 is 23.4 Å². The number of aromatic amines is 1. The molecule has 2 aromatic heterocycles. The molecular formula is C18H21ClN6. The van der Waals surface area contributed by atoms with E-state index in [0.717, 1.165) is 48.8 Å². The summed E-state index contributed by atoms with van der Waals surface area (Å²) in [5.74, 6) is 2.08. The van der Waals surface area contributed by atoms with Crippen molar-refractivity contribution in [2.45, 2.75) is 25.7 Å². The predicted octanol–water partition coefficient (Wildman–Crippen LogP) is 3.52. The largest absolute Gasteiger partial charge is 0.369 e. The lowest BCUT2D eigenvalue weighted by molar-refractivity contribution is 0.492. The summed E-state index contributed by atoms with van der Waals surface area (Å²) in [4.78, 5) is 9.67. The van der Waals surface area contributed by atoms with Gasteiger partial charge in [-0.05, 0) is 38.0 Å². The number of nitrogen functional groups attached to an aromatic ring is 1. The minimum Gasteiger partial charge on any atom is -0.369 e. The molecule has 0 aliphatic carbocycles. The summed E-state index contributed by atoms with van der Waals surface area (Å²) >= 11 is 6.15. The first-order valence-corrected chi connectivity index (χ1v) is 8.86. The number of aryl methyl sites for hydroxylation is 1. The Morgan fingerprint density at radius 1 is 1.24 bits per heavy atom. The van der Waals surface area contributed by atoms with E-state index in [1.165, 1.54) is 0 Å². The molecule has 1 fully saturated rings. The van der Waals surface area contributed by atoms with Crippen LogP contribution in [0.2, 0.25) is 5.02 Å². The van der Waals surface area contributed by atoms with Crippen LogP contribution in [0.1, 0.15) is 30.1 Å². The van der Waals surface area contributed by atoms with Crippen molar-refractivity contribution in [1.82, 2.24) is 19.7 Å². The number of nitrogens with two attached hydrogens (primary N) is 1. The molecule has 0 amide bonds. The van der Waals surface area contributed by atoms with E-state index in [0.29, 0.717) is 16.9 Å². The van der Waals surface area contributed by atoms with E-state index in [1.54, 1.807) is 0 Å². The van der Waals surface area contributed by atoms with Gasteiger partial charge in [0.05, 0.1) is 17.6 Å². The Morgan fingerprint density at radius 2 is 2.04 bits per heavy atom. The molecule has 7 heteroatoms. The molecule has 3 N–H and O–H groups in total. The van der Waals surface area contributed by atoms with Crippen LogP contribution >= 0.6 is 11.6 Å².